The average molecular weight is 374 g/mol. The minimum Gasteiger partial charge on any atom is -0.389 e. The third kappa shape index (κ3) is 3.61. The van der Waals surface area contributed by atoms with Crippen LogP contribution in [0.25, 0.3) is 0 Å². The van der Waals surface area contributed by atoms with E-state index in [1.54, 1.807) is 18.2 Å². The van der Waals surface area contributed by atoms with Crippen LogP contribution in [-0.4, -0.2) is 13.5 Å². The van der Waals surface area contributed by atoms with Crippen LogP contribution in [0, 0.1) is 5.82 Å². The predicted octanol–water partition coefficient (Wildman–Crippen LogP) is 3.44. The number of aliphatic hydroxyl groups excluding tert-OH is 1. The van der Waals surface area contributed by atoms with Crippen LogP contribution in [-0.2, 0) is 10.0 Å². The van der Waals surface area contributed by atoms with Gasteiger partial charge in [0.25, 0.3) is 10.0 Å². The fraction of sp³-hybridized carbons (Fsp3) is 0.143. The Labute approximate surface area is 130 Å². The second-order valence-corrected chi connectivity index (χ2v) is 7.01. The van der Waals surface area contributed by atoms with E-state index in [1.165, 1.54) is 25.1 Å². The lowest BCUT2D eigenvalue weighted by Gasteiger charge is -2.14. The van der Waals surface area contributed by atoms with Crippen LogP contribution in [0.3, 0.4) is 0 Å². The van der Waals surface area contributed by atoms with Gasteiger partial charge in [0.2, 0.25) is 0 Å². The highest BCUT2D eigenvalue weighted by molar-refractivity contribution is 9.10. The van der Waals surface area contributed by atoms with Crippen molar-refractivity contribution < 1.29 is 17.9 Å². The Morgan fingerprint density at radius 1 is 1.24 bits per heavy atom. The van der Waals surface area contributed by atoms with Gasteiger partial charge in [0.05, 0.1) is 11.8 Å². The molecule has 112 valence electrons. The largest absolute Gasteiger partial charge is 0.389 e. The maximum absolute atomic E-state index is 13.8. The van der Waals surface area contributed by atoms with Crippen molar-refractivity contribution in [3.63, 3.8) is 0 Å². The molecular formula is C14H13BrFNO3S. The van der Waals surface area contributed by atoms with Crippen molar-refractivity contribution in [2.45, 2.75) is 17.9 Å². The summed E-state index contributed by atoms with van der Waals surface area (Å²) >= 11 is 3.07. The minimum absolute atomic E-state index is 0.217. The van der Waals surface area contributed by atoms with Gasteiger partial charge in [-0.15, -0.1) is 0 Å². The molecule has 0 aliphatic carbocycles. The molecule has 7 heteroatoms. The molecule has 0 bridgehead atoms. The zero-order valence-corrected chi connectivity index (χ0v) is 13.4. The third-order valence-electron chi connectivity index (χ3n) is 2.84. The maximum Gasteiger partial charge on any atom is 0.264 e. The van der Waals surface area contributed by atoms with Crippen LogP contribution in [0.15, 0.2) is 51.8 Å². The van der Waals surface area contributed by atoms with E-state index < -0.39 is 26.8 Å². The molecule has 0 spiro atoms. The molecule has 0 aliphatic rings. The lowest BCUT2D eigenvalue weighted by molar-refractivity contribution is 0.200. The topological polar surface area (TPSA) is 66.4 Å². The van der Waals surface area contributed by atoms with Crippen molar-refractivity contribution in [1.82, 2.24) is 0 Å². The SMILES string of the molecule is CC(O)c1ccccc1NS(=O)(=O)c1ccc(Br)cc1F. The number of hydrogen-bond donors (Lipinski definition) is 2. The lowest BCUT2D eigenvalue weighted by atomic mass is 10.1. The fourth-order valence-electron chi connectivity index (χ4n) is 1.85. The van der Waals surface area contributed by atoms with Gasteiger partial charge in [0.15, 0.2) is 0 Å². The van der Waals surface area contributed by atoms with Crippen molar-refractivity contribution in [2.75, 3.05) is 4.72 Å². The first-order valence-electron chi connectivity index (χ1n) is 6.06. The van der Waals surface area contributed by atoms with Crippen LogP contribution >= 0.6 is 15.9 Å². The highest BCUT2D eigenvalue weighted by Crippen LogP contribution is 2.26. The zero-order chi connectivity index (χ0) is 15.6. The summed E-state index contributed by atoms with van der Waals surface area (Å²) in [5.74, 6) is -0.855. The summed E-state index contributed by atoms with van der Waals surface area (Å²) in [6.07, 6.45) is -0.848. The van der Waals surface area contributed by atoms with E-state index in [4.69, 9.17) is 0 Å². The molecule has 0 aromatic heterocycles. The average Bonchev–Trinajstić information content (AvgIpc) is 2.37. The molecule has 0 saturated carbocycles. The number of nitrogens with one attached hydrogen (secondary N) is 1. The number of anilines is 1. The van der Waals surface area contributed by atoms with Crippen LogP contribution in [0.1, 0.15) is 18.6 Å². The zero-order valence-electron chi connectivity index (χ0n) is 11.0. The van der Waals surface area contributed by atoms with Gasteiger partial charge < -0.3 is 5.11 Å². The first-order chi connectivity index (χ1) is 9.81. The predicted molar refractivity (Wildman–Crippen MR) is 82.0 cm³/mol. The summed E-state index contributed by atoms with van der Waals surface area (Å²) in [4.78, 5) is -0.453. The van der Waals surface area contributed by atoms with Gasteiger partial charge in [-0.1, -0.05) is 34.1 Å². The Kier molecular flexibility index (Phi) is 4.65. The van der Waals surface area contributed by atoms with E-state index >= 15 is 0 Å². The minimum atomic E-state index is -4.07. The quantitative estimate of drug-likeness (QED) is 0.862. The first kappa shape index (κ1) is 15.9. The Morgan fingerprint density at radius 3 is 2.52 bits per heavy atom. The van der Waals surface area contributed by atoms with E-state index in [-0.39, 0.29) is 5.69 Å². The highest BCUT2D eigenvalue weighted by Gasteiger charge is 2.21. The lowest BCUT2D eigenvalue weighted by Crippen LogP contribution is -2.16. The van der Waals surface area contributed by atoms with E-state index in [1.807, 2.05) is 0 Å². The molecule has 2 aromatic rings. The Morgan fingerprint density at radius 2 is 1.90 bits per heavy atom. The smallest absolute Gasteiger partial charge is 0.264 e. The van der Waals surface area contributed by atoms with Gasteiger partial charge in [-0.2, -0.15) is 0 Å². The molecule has 0 heterocycles. The van der Waals surface area contributed by atoms with Crippen molar-refractivity contribution in [2.24, 2.45) is 0 Å². The second kappa shape index (κ2) is 6.13. The molecule has 2 rings (SSSR count). The van der Waals surface area contributed by atoms with Gasteiger partial charge in [-0.25, -0.2) is 12.8 Å². The molecule has 2 aromatic carbocycles. The van der Waals surface area contributed by atoms with E-state index in [0.717, 1.165) is 6.07 Å². The summed E-state index contributed by atoms with van der Waals surface area (Å²) in [7, 11) is -4.07. The van der Waals surface area contributed by atoms with E-state index in [9.17, 15) is 17.9 Å². The van der Waals surface area contributed by atoms with Crippen molar-refractivity contribution >= 4 is 31.6 Å². The molecule has 1 atom stereocenters. The first-order valence-corrected chi connectivity index (χ1v) is 8.34. The number of benzene rings is 2. The fourth-order valence-corrected chi connectivity index (χ4v) is 3.33. The molecule has 21 heavy (non-hydrogen) atoms. The molecule has 0 radical (unpaired) electrons. The standard InChI is InChI=1S/C14H13BrFNO3S/c1-9(18)11-4-2-3-5-13(11)17-21(19,20)14-7-6-10(15)8-12(14)16/h2-9,17-18H,1H3. The third-order valence-corrected chi connectivity index (χ3v) is 4.73. The van der Waals surface area contributed by atoms with Gasteiger partial charge in [0.1, 0.15) is 10.7 Å². The van der Waals surface area contributed by atoms with Crippen molar-refractivity contribution in [1.29, 1.82) is 0 Å². The number of sulfonamides is 1. The summed E-state index contributed by atoms with van der Waals surface area (Å²) in [6.45, 7) is 1.52. The van der Waals surface area contributed by atoms with Crippen LogP contribution in [0.4, 0.5) is 10.1 Å². The van der Waals surface area contributed by atoms with Gasteiger partial charge in [-0.3, -0.25) is 4.72 Å². The number of aliphatic hydroxyl groups is 1. The van der Waals surface area contributed by atoms with Crippen molar-refractivity contribution in [3.05, 3.63) is 58.3 Å². The van der Waals surface area contributed by atoms with Crippen molar-refractivity contribution in [3.8, 4) is 0 Å². The Bertz CT molecular complexity index is 763. The Balaban J connectivity index is 2.43. The number of rotatable bonds is 4. The molecule has 0 fully saturated rings. The molecule has 0 saturated heterocycles. The molecule has 1 unspecified atom stereocenters. The van der Waals surface area contributed by atoms with Crippen LogP contribution < -0.4 is 4.72 Å². The molecule has 0 amide bonds. The highest BCUT2D eigenvalue weighted by atomic mass is 79.9. The van der Waals surface area contributed by atoms with Gasteiger partial charge in [-0.05, 0) is 31.2 Å². The van der Waals surface area contributed by atoms with E-state index in [0.29, 0.717) is 10.0 Å². The van der Waals surface area contributed by atoms with Gasteiger partial charge in [0, 0.05) is 10.0 Å². The normalized spacial score (nSPS) is 13.0. The van der Waals surface area contributed by atoms with Crippen LogP contribution in [0.2, 0.25) is 0 Å². The molecule has 2 N–H and O–H groups in total. The second-order valence-electron chi connectivity index (χ2n) is 4.44. The maximum atomic E-state index is 13.8. The summed E-state index contributed by atoms with van der Waals surface area (Å²) in [5, 5.41) is 9.65. The summed E-state index contributed by atoms with van der Waals surface area (Å²) in [5.41, 5.74) is 0.633. The number of para-hydroxylation sites is 1. The van der Waals surface area contributed by atoms with Crippen LogP contribution in [0.5, 0.6) is 0 Å². The molecule has 0 aliphatic heterocycles. The Hall–Kier alpha value is -1.44. The summed E-state index contributed by atoms with van der Waals surface area (Å²) < 4.78 is 41.1. The molecule has 4 nitrogen and oxygen atoms in total. The number of halogens is 2. The number of hydrogen-bond acceptors (Lipinski definition) is 3. The monoisotopic (exact) mass is 373 g/mol. The van der Waals surface area contributed by atoms with Gasteiger partial charge >= 0.3 is 0 Å². The van der Waals surface area contributed by atoms with E-state index in [2.05, 4.69) is 20.7 Å². The summed E-state index contributed by atoms with van der Waals surface area (Å²) in [6, 6.07) is 10.1. The molecular weight excluding hydrogens is 361 g/mol.